The van der Waals surface area contributed by atoms with E-state index in [1.54, 1.807) is 0 Å². The van der Waals surface area contributed by atoms with E-state index < -0.39 is 25.6 Å². The molecule has 19 heavy (non-hydrogen) atoms. The van der Waals surface area contributed by atoms with Gasteiger partial charge >= 0.3 is 0 Å². The molecule has 104 valence electrons. The standard InChI is InChI=1S/C11H14N2O4S2/c1-4-11(2,3)13-19(16,17)10-7-5-9(6-8-10)18(12,14)15/h1,5-8,13H,2-3H3,(H2,12,14,15). The van der Waals surface area contributed by atoms with E-state index in [4.69, 9.17) is 11.6 Å². The Morgan fingerprint density at radius 3 is 1.89 bits per heavy atom. The van der Waals surface area contributed by atoms with E-state index >= 15 is 0 Å². The third-order valence-corrected chi connectivity index (χ3v) is 4.81. The molecule has 0 aromatic heterocycles. The zero-order chi connectivity index (χ0) is 14.9. The van der Waals surface area contributed by atoms with Crippen molar-refractivity contribution in [3.63, 3.8) is 0 Å². The average molecular weight is 302 g/mol. The molecule has 0 saturated carbocycles. The Morgan fingerprint density at radius 2 is 1.53 bits per heavy atom. The monoisotopic (exact) mass is 302 g/mol. The van der Waals surface area contributed by atoms with Crippen LogP contribution in [-0.4, -0.2) is 22.4 Å². The Morgan fingerprint density at radius 1 is 1.11 bits per heavy atom. The number of sulfonamides is 2. The third kappa shape index (κ3) is 4.04. The van der Waals surface area contributed by atoms with Gasteiger partial charge in [-0.15, -0.1) is 6.42 Å². The first-order chi connectivity index (χ1) is 8.48. The molecule has 3 N–H and O–H groups in total. The molecule has 0 fully saturated rings. The molecular weight excluding hydrogens is 288 g/mol. The molecule has 0 aliphatic heterocycles. The number of nitrogens with two attached hydrogens (primary N) is 1. The highest BCUT2D eigenvalue weighted by Gasteiger charge is 2.24. The van der Waals surface area contributed by atoms with Crippen molar-refractivity contribution in [2.45, 2.75) is 29.2 Å². The highest BCUT2D eigenvalue weighted by Crippen LogP contribution is 2.15. The van der Waals surface area contributed by atoms with Gasteiger partial charge in [0.25, 0.3) is 0 Å². The second-order valence-electron chi connectivity index (χ2n) is 4.39. The van der Waals surface area contributed by atoms with Gasteiger partial charge in [-0.1, -0.05) is 5.92 Å². The number of rotatable bonds is 4. The highest BCUT2D eigenvalue weighted by molar-refractivity contribution is 7.89. The van der Waals surface area contributed by atoms with Gasteiger partial charge in [0.05, 0.1) is 15.3 Å². The summed E-state index contributed by atoms with van der Waals surface area (Å²) in [5.74, 6) is 2.30. The quantitative estimate of drug-likeness (QED) is 0.765. The Kier molecular flexibility index (Phi) is 4.07. The molecule has 0 heterocycles. The lowest BCUT2D eigenvalue weighted by Gasteiger charge is -2.19. The van der Waals surface area contributed by atoms with Gasteiger partial charge < -0.3 is 0 Å². The number of hydrogen-bond acceptors (Lipinski definition) is 4. The fraction of sp³-hybridized carbons (Fsp3) is 0.273. The van der Waals surface area contributed by atoms with E-state index in [0.29, 0.717) is 0 Å². The molecule has 1 aromatic rings. The summed E-state index contributed by atoms with van der Waals surface area (Å²) >= 11 is 0. The van der Waals surface area contributed by atoms with Crippen molar-refractivity contribution in [3.8, 4) is 12.3 Å². The maximum Gasteiger partial charge on any atom is 0.241 e. The number of benzene rings is 1. The smallest absolute Gasteiger partial charge is 0.225 e. The lowest BCUT2D eigenvalue weighted by Crippen LogP contribution is -2.41. The maximum absolute atomic E-state index is 12.0. The van der Waals surface area contributed by atoms with Gasteiger partial charge in [-0.05, 0) is 38.1 Å². The zero-order valence-electron chi connectivity index (χ0n) is 10.4. The molecule has 0 atom stereocenters. The van der Waals surface area contributed by atoms with Crippen LogP contribution in [0.3, 0.4) is 0 Å². The van der Waals surface area contributed by atoms with Gasteiger partial charge in [-0.3, -0.25) is 0 Å². The summed E-state index contributed by atoms with van der Waals surface area (Å²) < 4.78 is 48.4. The van der Waals surface area contributed by atoms with Crippen molar-refractivity contribution < 1.29 is 16.8 Å². The SMILES string of the molecule is C#CC(C)(C)NS(=O)(=O)c1ccc(S(N)(=O)=O)cc1. The van der Waals surface area contributed by atoms with Crippen molar-refractivity contribution in [2.75, 3.05) is 0 Å². The topological polar surface area (TPSA) is 106 Å². The summed E-state index contributed by atoms with van der Waals surface area (Å²) in [4.78, 5) is -0.258. The van der Waals surface area contributed by atoms with E-state index in [9.17, 15) is 16.8 Å². The number of nitrogens with one attached hydrogen (secondary N) is 1. The average Bonchev–Trinajstić information content (AvgIpc) is 2.27. The van der Waals surface area contributed by atoms with Crippen LogP contribution in [0, 0.1) is 12.3 Å². The van der Waals surface area contributed by atoms with Crippen LogP contribution in [0.5, 0.6) is 0 Å². The normalized spacial score (nSPS) is 12.9. The van der Waals surface area contributed by atoms with Crippen LogP contribution >= 0.6 is 0 Å². The van der Waals surface area contributed by atoms with Crippen molar-refractivity contribution in [2.24, 2.45) is 5.14 Å². The minimum atomic E-state index is -3.85. The number of primary sulfonamides is 1. The first-order valence-electron chi connectivity index (χ1n) is 5.12. The van der Waals surface area contributed by atoms with Crippen LogP contribution in [0.4, 0.5) is 0 Å². The van der Waals surface area contributed by atoms with E-state index in [1.165, 1.54) is 13.8 Å². The van der Waals surface area contributed by atoms with E-state index in [-0.39, 0.29) is 9.79 Å². The van der Waals surface area contributed by atoms with E-state index in [0.717, 1.165) is 24.3 Å². The summed E-state index contributed by atoms with van der Waals surface area (Å²) in [7, 11) is -7.67. The summed E-state index contributed by atoms with van der Waals surface area (Å²) in [6.07, 6.45) is 5.20. The van der Waals surface area contributed by atoms with Crippen LogP contribution < -0.4 is 9.86 Å². The molecule has 0 unspecified atom stereocenters. The maximum atomic E-state index is 12.0. The van der Waals surface area contributed by atoms with Crippen LogP contribution in [-0.2, 0) is 20.0 Å². The Balaban J connectivity index is 3.16. The van der Waals surface area contributed by atoms with E-state index in [2.05, 4.69) is 10.6 Å². The molecule has 0 amide bonds. The molecular formula is C11H14N2O4S2. The first-order valence-corrected chi connectivity index (χ1v) is 8.15. The number of terminal acetylenes is 1. The van der Waals surface area contributed by atoms with Gasteiger partial charge in [0.2, 0.25) is 20.0 Å². The van der Waals surface area contributed by atoms with Crippen molar-refractivity contribution >= 4 is 20.0 Å². The lowest BCUT2D eigenvalue weighted by atomic mass is 10.1. The molecule has 0 bridgehead atoms. The Labute approximate surface area is 113 Å². The molecule has 0 aliphatic rings. The zero-order valence-corrected chi connectivity index (χ0v) is 12.0. The fourth-order valence-corrected chi connectivity index (χ4v) is 3.09. The minimum absolute atomic E-state index is 0.0942. The molecule has 0 spiro atoms. The van der Waals surface area contributed by atoms with Crippen LogP contribution in [0.25, 0.3) is 0 Å². The van der Waals surface area contributed by atoms with Crippen LogP contribution in [0.2, 0.25) is 0 Å². The lowest BCUT2D eigenvalue weighted by molar-refractivity contribution is 0.539. The molecule has 1 rings (SSSR count). The molecule has 8 heteroatoms. The fourth-order valence-electron chi connectivity index (χ4n) is 1.23. The predicted octanol–water partition coefficient (Wildman–Crippen LogP) is 0.0241. The van der Waals surface area contributed by atoms with Crippen LogP contribution in [0.1, 0.15) is 13.8 Å². The molecule has 0 radical (unpaired) electrons. The Bertz CT molecular complexity index is 711. The predicted molar refractivity (Wildman–Crippen MR) is 71.0 cm³/mol. The molecule has 0 saturated heterocycles. The first kappa shape index (κ1) is 15.7. The van der Waals surface area contributed by atoms with Gasteiger partial charge in [0.1, 0.15) is 0 Å². The summed E-state index contributed by atoms with van der Waals surface area (Å²) in [5, 5.41) is 4.92. The molecule has 6 nitrogen and oxygen atoms in total. The second kappa shape index (κ2) is 4.94. The van der Waals surface area contributed by atoms with Gasteiger partial charge in [-0.25, -0.2) is 22.0 Å². The summed E-state index contributed by atoms with van der Waals surface area (Å²) in [6.45, 7) is 3.06. The Hall–Kier alpha value is -1.40. The summed E-state index contributed by atoms with van der Waals surface area (Å²) in [6, 6.07) is 4.53. The van der Waals surface area contributed by atoms with Crippen molar-refractivity contribution in [1.82, 2.24) is 4.72 Å². The largest absolute Gasteiger partial charge is 0.241 e. The van der Waals surface area contributed by atoms with Gasteiger partial charge in [0.15, 0.2) is 0 Å². The summed E-state index contributed by atoms with van der Waals surface area (Å²) in [5.41, 5.74) is -1.04. The minimum Gasteiger partial charge on any atom is -0.225 e. The van der Waals surface area contributed by atoms with Crippen molar-refractivity contribution in [1.29, 1.82) is 0 Å². The van der Waals surface area contributed by atoms with Gasteiger partial charge in [0, 0.05) is 0 Å². The van der Waals surface area contributed by atoms with Crippen molar-refractivity contribution in [3.05, 3.63) is 24.3 Å². The number of hydrogen-bond donors (Lipinski definition) is 2. The highest BCUT2D eigenvalue weighted by atomic mass is 32.2. The molecule has 0 aliphatic carbocycles. The van der Waals surface area contributed by atoms with Crippen LogP contribution in [0.15, 0.2) is 34.1 Å². The second-order valence-corrected chi connectivity index (χ2v) is 7.64. The van der Waals surface area contributed by atoms with Gasteiger partial charge in [-0.2, -0.15) is 4.72 Å². The molecule has 1 aromatic carbocycles. The third-order valence-electron chi connectivity index (χ3n) is 2.21. The van der Waals surface area contributed by atoms with E-state index in [1.807, 2.05) is 0 Å².